The number of nitrogens with zero attached hydrogens (tertiary/aromatic N) is 1. The van der Waals surface area contributed by atoms with E-state index in [1.54, 1.807) is 13.2 Å². The van der Waals surface area contributed by atoms with E-state index < -0.39 is 0 Å². The van der Waals surface area contributed by atoms with Crippen molar-refractivity contribution in [3.8, 4) is 5.75 Å². The van der Waals surface area contributed by atoms with Crippen molar-refractivity contribution in [1.29, 1.82) is 0 Å². The summed E-state index contributed by atoms with van der Waals surface area (Å²) in [5, 5.41) is 0. The van der Waals surface area contributed by atoms with Gasteiger partial charge in [0.2, 0.25) is 0 Å². The topological polar surface area (TPSA) is 38.8 Å². The smallest absolute Gasteiger partial charge is 0.332 e. The molecule has 1 heterocycles. The number of allylic oxidation sites excluding steroid dienone is 1. The molecular weight excluding hydrogens is 230 g/mol. The van der Waals surface area contributed by atoms with E-state index in [0.29, 0.717) is 0 Å². The van der Waals surface area contributed by atoms with Crippen molar-refractivity contribution >= 4 is 11.7 Å². The zero-order valence-electron chi connectivity index (χ0n) is 10.7. The lowest BCUT2D eigenvalue weighted by molar-refractivity contribution is -0.134. The second kappa shape index (κ2) is 5.58. The highest BCUT2D eigenvalue weighted by Crippen LogP contribution is 2.29. The number of carbonyl (C=O) groups is 1. The standard InChI is InChI=1S/C14H17NO3/c1-17-13-7-5-11(6-8-13)15-9-3-4-12(15)10-14(16)18-2/h5-8,10H,3-4,9H2,1-2H3/b12-10+. The molecule has 18 heavy (non-hydrogen) atoms. The molecule has 0 atom stereocenters. The molecule has 1 saturated heterocycles. The number of methoxy groups -OCH3 is 2. The minimum Gasteiger partial charge on any atom is -0.497 e. The summed E-state index contributed by atoms with van der Waals surface area (Å²) in [6, 6.07) is 7.83. The van der Waals surface area contributed by atoms with Crippen LogP contribution in [0.5, 0.6) is 5.75 Å². The molecular formula is C14H17NO3. The number of benzene rings is 1. The number of esters is 1. The maximum absolute atomic E-state index is 11.3. The molecule has 1 aliphatic heterocycles. The molecule has 0 radical (unpaired) electrons. The van der Waals surface area contributed by atoms with Crippen molar-refractivity contribution in [1.82, 2.24) is 0 Å². The van der Waals surface area contributed by atoms with Gasteiger partial charge in [-0.05, 0) is 37.1 Å². The van der Waals surface area contributed by atoms with Crippen LogP contribution in [-0.4, -0.2) is 26.7 Å². The molecule has 4 nitrogen and oxygen atoms in total. The SMILES string of the molecule is COC(=O)/C=C1\CCCN1c1ccc(OC)cc1. The predicted molar refractivity (Wildman–Crippen MR) is 69.7 cm³/mol. The molecule has 0 spiro atoms. The Balaban J connectivity index is 2.20. The minimum absolute atomic E-state index is 0.301. The van der Waals surface area contributed by atoms with Gasteiger partial charge >= 0.3 is 5.97 Å². The first kappa shape index (κ1) is 12.5. The predicted octanol–water partition coefficient (Wildman–Crippen LogP) is 2.35. The van der Waals surface area contributed by atoms with Gasteiger partial charge in [-0.1, -0.05) is 0 Å². The number of hydrogen-bond donors (Lipinski definition) is 0. The Bertz CT molecular complexity index is 451. The van der Waals surface area contributed by atoms with Gasteiger partial charge in [-0.2, -0.15) is 0 Å². The van der Waals surface area contributed by atoms with Gasteiger partial charge in [0.25, 0.3) is 0 Å². The largest absolute Gasteiger partial charge is 0.497 e. The lowest BCUT2D eigenvalue weighted by atomic mass is 10.2. The summed E-state index contributed by atoms with van der Waals surface area (Å²) in [5.41, 5.74) is 2.08. The van der Waals surface area contributed by atoms with Gasteiger partial charge in [0.05, 0.1) is 14.2 Å². The molecule has 1 aromatic rings. The lowest BCUT2D eigenvalue weighted by Gasteiger charge is -2.20. The van der Waals surface area contributed by atoms with Crippen molar-refractivity contribution in [2.24, 2.45) is 0 Å². The molecule has 1 fully saturated rings. The molecule has 0 aliphatic carbocycles. The van der Waals surface area contributed by atoms with E-state index in [4.69, 9.17) is 4.74 Å². The van der Waals surface area contributed by atoms with Crippen LogP contribution >= 0.6 is 0 Å². The highest BCUT2D eigenvalue weighted by Gasteiger charge is 2.19. The summed E-state index contributed by atoms with van der Waals surface area (Å²) in [7, 11) is 3.04. The zero-order chi connectivity index (χ0) is 13.0. The monoisotopic (exact) mass is 247 g/mol. The second-order valence-corrected chi connectivity index (χ2v) is 4.11. The van der Waals surface area contributed by atoms with E-state index in [0.717, 1.165) is 36.5 Å². The van der Waals surface area contributed by atoms with E-state index in [-0.39, 0.29) is 5.97 Å². The molecule has 0 N–H and O–H groups in total. The molecule has 1 aromatic carbocycles. The van der Waals surface area contributed by atoms with Crippen molar-refractivity contribution < 1.29 is 14.3 Å². The minimum atomic E-state index is -0.301. The Morgan fingerprint density at radius 1 is 1.28 bits per heavy atom. The van der Waals surface area contributed by atoms with Gasteiger partial charge in [-0.15, -0.1) is 0 Å². The Labute approximate surface area is 107 Å². The molecule has 0 unspecified atom stereocenters. The fraction of sp³-hybridized carbons (Fsp3) is 0.357. The van der Waals surface area contributed by atoms with Gasteiger partial charge in [0.1, 0.15) is 5.75 Å². The normalized spacial score (nSPS) is 17.0. The van der Waals surface area contributed by atoms with Crippen molar-refractivity contribution in [2.45, 2.75) is 12.8 Å². The third-order valence-corrected chi connectivity index (χ3v) is 3.03. The molecule has 1 aliphatic rings. The van der Waals surface area contributed by atoms with Gasteiger partial charge in [0.15, 0.2) is 0 Å². The number of ether oxygens (including phenoxy) is 2. The van der Waals surface area contributed by atoms with Gasteiger partial charge in [-0.25, -0.2) is 4.79 Å². The molecule has 0 saturated carbocycles. The highest BCUT2D eigenvalue weighted by molar-refractivity contribution is 5.83. The summed E-state index contributed by atoms with van der Waals surface area (Å²) in [5.74, 6) is 0.529. The Morgan fingerprint density at radius 2 is 2.00 bits per heavy atom. The Kier molecular flexibility index (Phi) is 3.87. The maximum Gasteiger partial charge on any atom is 0.332 e. The third-order valence-electron chi connectivity index (χ3n) is 3.03. The van der Waals surface area contributed by atoms with Crippen LogP contribution in [0.1, 0.15) is 12.8 Å². The van der Waals surface area contributed by atoms with Crippen molar-refractivity contribution in [3.63, 3.8) is 0 Å². The average Bonchev–Trinajstić information content (AvgIpc) is 2.86. The molecule has 4 heteroatoms. The van der Waals surface area contributed by atoms with Gasteiger partial charge < -0.3 is 14.4 Å². The molecule has 96 valence electrons. The van der Waals surface area contributed by atoms with Crippen LogP contribution in [0.4, 0.5) is 5.69 Å². The Hall–Kier alpha value is -1.97. The van der Waals surface area contributed by atoms with E-state index in [9.17, 15) is 4.79 Å². The number of rotatable bonds is 3. The van der Waals surface area contributed by atoms with Crippen LogP contribution in [0.2, 0.25) is 0 Å². The molecule has 2 rings (SSSR count). The summed E-state index contributed by atoms with van der Waals surface area (Å²) < 4.78 is 9.80. The second-order valence-electron chi connectivity index (χ2n) is 4.11. The lowest BCUT2D eigenvalue weighted by Crippen LogP contribution is -2.17. The fourth-order valence-corrected chi connectivity index (χ4v) is 2.10. The average molecular weight is 247 g/mol. The first-order valence-corrected chi connectivity index (χ1v) is 5.94. The van der Waals surface area contributed by atoms with E-state index in [2.05, 4.69) is 9.64 Å². The van der Waals surface area contributed by atoms with Crippen LogP contribution in [0.15, 0.2) is 36.0 Å². The summed E-state index contributed by atoms with van der Waals surface area (Å²) in [4.78, 5) is 13.4. The Morgan fingerprint density at radius 3 is 2.61 bits per heavy atom. The number of carbonyl (C=O) groups excluding carboxylic acids is 1. The van der Waals surface area contributed by atoms with E-state index in [1.807, 2.05) is 24.3 Å². The van der Waals surface area contributed by atoms with Crippen molar-refractivity contribution in [2.75, 3.05) is 25.7 Å². The molecule has 0 amide bonds. The van der Waals surface area contributed by atoms with E-state index >= 15 is 0 Å². The summed E-state index contributed by atoms with van der Waals surface area (Å²) >= 11 is 0. The first-order chi connectivity index (χ1) is 8.74. The van der Waals surface area contributed by atoms with Crippen LogP contribution < -0.4 is 9.64 Å². The van der Waals surface area contributed by atoms with Crippen LogP contribution in [0, 0.1) is 0 Å². The van der Waals surface area contributed by atoms with Crippen molar-refractivity contribution in [3.05, 3.63) is 36.0 Å². The van der Waals surface area contributed by atoms with E-state index in [1.165, 1.54) is 7.11 Å². The number of hydrogen-bond acceptors (Lipinski definition) is 4. The maximum atomic E-state index is 11.3. The highest BCUT2D eigenvalue weighted by atomic mass is 16.5. The van der Waals surface area contributed by atoms with Crippen LogP contribution in [0.25, 0.3) is 0 Å². The summed E-state index contributed by atoms with van der Waals surface area (Å²) in [6.45, 7) is 0.926. The zero-order valence-corrected chi connectivity index (χ0v) is 10.7. The fourth-order valence-electron chi connectivity index (χ4n) is 2.10. The first-order valence-electron chi connectivity index (χ1n) is 5.94. The van der Waals surface area contributed by atoms with Gasteiger partial charge in [0, 0.05) is 24.0 Å². The third kappa shape index (κ3) is 2.64. The molecule has 0 aromatic heterocycles. The summed E-state index contributed by atoms with van der Waals surface area (Å²) in [6.07, 6.45) is 3.52. The van der Waals surface area contributed by atoms with Crippen LogP contribution in [0.3, 0.4) is 0 Å². The molecule has 0 bridgehead atoms. The van der Waals surface area contributed by atoms with Gasteiger partial charge in [-0.3, -0.25) is 0 Å². The quantitative estimate of drug-likeness (QED) is 0.607. The number of anilines is 1. The van der Waals surface area contributed by atoms with Crippen LogP contribution in [-0.2, 0) is 9.53 Å².